The van der Waals surface area contributed by atoms with E-state index in [9.17, 15) is 0 Å². The molecule has 0 aliphatic heterocycles. The van der Waals surface area contributed by atoms with Gasteiger partial charge in [-0.1, -0.05) is 29.8 Å². The van der Waals surface area contributed by atoms with Gasteiger partial charge in [0.2, 0.25) is 0 Å². The molecule has 0 saturated heterocycles. The Morgan fingerprint density at radius 2 is 1.93 bits per heavy atom. The zero-order chi connectivity index (χ0) is 10.7. The van der Waals surface area contributed by atoms with Gasteiger partial charge in [0.25, 0.3) is 0 Å². The van der Waals surface area contributed by atoms with Crippen LogP contribution in [0.5, 0.6) is 0 Å². The van der Waals surface area contributed by atoms with Crippen molar-refractivity contribution in [3.63, 3.8) is 0 Å². The maximum absolute atomic E-state index is 6.09. The van der Waals surface area contributed by atoms with Crippen LogP contribution in [0.1, 0.15) is 11.3 Å². The summed E-state index contributed by atoms with van der Waals surface area (Å²) in [5.74, 6) is 0. The van der Waals surface area contributed by atoms with Gasteiger partial charge in [0.15, 0.2) is 0 Å². The fourth-order valence-corrected chi connectivity index (χ4v) is 1.79. The number of nitrogens with zero attached hydrogens (tertiary/aromatic N) is 1. The van der Waals surface area contributed by atoms with E-state index in [-0.39, 0.29) is 0 Å². The molecular weight excluding hydrogens is 208 g/mol. The van der Waals surface area contributed by atoms with Gasteiger partial charge in [-0.25, -0.2) is 0 Å². The SMILES string of the molecule is NCc1cccn1Cc1ccccc1Cl. The average Bonchev–Trinajstić information content (AvgIpc) is 2.69. The highest BCUT2D eigenvalue weighted by molar-refractivity contribution is 6.31. The van der Waals surface area contributed by atoms with Gasteiger partial charge in [-0.15, -0.1) is 0 Å². The molecule has 1 heterocycles. The first-order chi connectivity index (χ1) is 7.31. The predicted molar refractivity (Wildman–Crippen MR) is 62.9 cm³/mol. The summed E-state index contributed by atoms with van der Waals surface area (Å²) >= 11 is 6.09. The molecule has 15 heavy (non-hydrogen) atoms. The standard InChI is InChI=1S/C12H13ClN2/c13-12-6-2-1-4-10(12)9-15-7-3-5-11(15)8-14/h1-7H,8-9,14H2. The van der Waals surface area contributed by atoms with Gasteiger partial charge in [0.05, 0.1) is 0 Å². The highest BCUT2D eigenvalue weighted by Gasteiger charge is 2.02. The van der Waals surface area contributed by atoms with Gasteiger partial charge in [-0.2, -0.15) is 0 Å². The Kier molecular flexibility index (Phi) is 3.09. The van der Waals surface area contributed by atoms with Crippen LogP contribution in [0.3, 0.4) is 0 Å². The summed E-state index contributed by atoms with van der Waals surface area (Å²) in [4.78, 5) is 0. The van der Waals surface area contributed by atoms with E-state index in [0.717, 1.165) is 22.8 Å². The summed E-state index contributed by atoms with van der Waals surface area (Å²) in [7, 11) is 0. The lowest BCUT2D eigenvalue weighted by Gasteiger charge is -2.08. The van der Waals surface area contributed by atoms with Crippen molar-refractivity contribution < 1.29 is 0 Å². The van der Waals surface area contributed by atoms with Gasteiger partial charge < -0.3 is 10.3 Å². The molecule has 0 fully saturated rings. The lowest BCUT2D eigenvalue weighted by atomic mass is 10.2. The van der Waals surface area contributed by atoms with E-state index in [1.165, 1.54) is 0 Å². The molecule has 0 unspecified atom stereocenters. The molecule has 2 N–H and O–H groups in total. The lowest BCUT2D eigenvalue weighted by Crippen LogP contribution is -2.07. The summed E-state index contributed by atoms with van der Waals surface area (Å²) in [5.41, 5.74) is 7.87. The molecule has 0 aliphatic rings. The van der Waals surface area contributed by atoms with Crippen molar-refractivity contribution in [2.24, 2.45) is 5.73 Å². The van der Waals surface area contributed by atoms with Crippen LogP contribution >= 0.6 is 11.6 Å². The maximum atomic E-state index is 6.09. The Morgan fingerprint density at radius 3 is 2.67 bits per heavy atom. The van der Waals surface area contributed by atoms with Crippen LogP contribution < -0.4 is 5.73 Å². The Balaban J connectivity index is 2.26. The third-order valence-corrected chi connectivity index (χ3v) is 2.80. The molecule has 2 rings (SSSR count). The highest BCUT2D eigenvalue weighted by atomic mass is 35.5. The smallest absolute Gasteiger partial charge is 0.0488 e. The molecule has 0 spiro atoms. The number of benzene rings is 1. The molecule has 0 aliphatic carbocycles. The molecule has 0 bridgehead atoms. The number of hydrogen-bond acceptors (Lipinski definition) is 1. The number of hydrogen-bond donors (Lipinski definition) is 1. The number of rotatable bonds is 3. The van der Waals surface area contributed by atoms with Crippen molar-refractivity contribution in [3.05, 3.63) is 58.9 Å². The molecule has 78 valence electrons. The quantitative estimate of drug-likeness (QED) is 0.847. The van der Waals surface area contributed by atoms with Crippen molar-refractivity contribution in [2.75, 3.05) is 0 Å². The molecule has 2 aromatic rings. The van der Waals surface area contributed by atoms with Crippen LogP contribution in [0.15, 0.2) is 42.6 Å². The number of halogens is 1. The van der Waals surface area contributed by atoms with E-state index in [0.29, 0.717) is 6.54 Å². The summed E-state index contributed by atoms with van der Waals surface area (Å²) in [6, 6.07) is 11.9. The van der Waals surface area contributed by atoms with Crippen LogP contribution in [0.2, 0.25) is 5.02 Å². The van der Waals surface area contributed by atoms with Gasteiger partial charge in [-0.05, 0) is 23.8 Å². The van der Waals surface area contributed by atoms with Crippen molar-refractivity contribution in [2.45, 2.75) is 13.1 Å². The zero-order valence-corrected chi connectivity index (χ0v) is 9.11. The van der Waals surface area contributed by atoms with Crippen molar-refractivity contribution in [3.8, 4) is 0 Å². The fourth-order valence-electron chi connectivity index (χ4n) is 1.60. The Bertz CT molecular complexity index is 448. The zero-order valence-electron chi connectivity index (χ0n) is 8.36. The molecular formula is C12H13ClN2. The lowest BCUT2D eigenvalue weighted by molar-refractivity contribution is 0.744. The first kappa shape index (κ1) is 10.3. The minimum Gasteiger partial charge on any atom is -0.346 e. The van der Waals surface area contributed by atoms with Gasteiger partial charge in [-0.3, -0.25) is 0 Å². The van der Waals surface area contributed by atoms with Crippen molar-refractivity contribution in [1.82, 2.24) is 4.57 Å². The second-order valence-electron chi connectivity index (χ2n) is 3.42. The molecule has 2 nitrogen and oxygen atoms in total. The first-order valence-corrected chi connectivity index (χ1v) is 5.26. The van der Waals surface area contributed by atoms with Crippen LogP contribution in [0.4, 0.5) is 0 Å². The average molecular weight is 221 g/mol. The van der Waals surface area contributed by atoms with Gasteiger partial charge in [0.1, 0.15) is 0 Å². The Morgan fingerprint density at radius 1 is 1.13 bits per heavy atom. The van der Waals surface area contributed by atoms with E-state index < -0.39 is 0 Å². The summed E-state index contributed by atoms with van der Waals surface area (Å²) in [5, 5.41) is 0.800. The first-order valence-electron chi connectivity index (χ1n) is 4.89. The summed E-state index contributed by atoms with van der Waals surface area (Å²) < 4.78 is 2.11. The molecule has 0 radical (unpaired) electrons. The van der Waals surface area contributed by atoms with Gasteiger partial charge in [0, 0.05) is 30.0 Å². The van der Waals surface area contributed by atoms with Crippen LogP contribution in [0, 0.1) is 0 Å². The molecule has 0 atom stereocenters. The monoisotopic (exact) mass is 220 g/mol. The van der Waals surface area contributed by atoms with Gasteiger partial charge >= 0.3 is 0 Å². The Labute approximate surface area is 94.3 Å². The maximum Gasteiger partial charge on any atom is 0.0488 e. The second-order valence-corrected chi connectivity index (χ2v) is 3.83. The minimum absolute atomic E-state index is 0.553. The van der Waals surface area contributed by atoms with Crippen LogP contribution in [-0.2, 0) is 13.1 Å². The minimum atomic E-state index is 0.553. The fraction of sp³-hybridized carbons (Fsp3) is 0.167. The van der Waals surface area contributed by atoms with Crippen molar-refractivity contribution in [1.29, 1.82) is 0 Å². The second kappa shape index (κ2) is 4.51. The third kappa shape index (κ3) is 2.22. The number of nitrogens with two attached hydrogens (primary N) is 1. The molecule has 0 saturated carbocycles. The van der Waals surface area contributed by atoms with E-state index in [1.807, 2.05) is 42.6 Å². The summed E-state index contributed by atoms with van der Waals surface area (Å²) in [6.45, 7) is 1.33. The van der Waals surface area contributed by atoms with Crippen molar-refractivity contribution >= 4 is 11.6 Å². The van der Waals surface area contributed by atoms with Crippen LogP contribution in [0.25, 0.3) is 0 Å². The molecule has 1 aromatic heterocycles. The predicted octanol–water partition coefficient (Wildman–Crippen LogP) is 2.65. The van der Waals surface area contributed by atoms with E-state index in [2.05, 4.69) is 4.57 Å². The molecule has 0 amide bonds. The van der Waals surface area contributed by atoms with E-state index in [1.54, 1.807) is 0 Å². The third-order valence-electron chi connectivity index (χ3n) is 2.43. The normalized spacial score (nSPS) is 10.5. The highest BCUT2D eigenvalue weighted by Crippen LogP contribution is 2.17. The molecule has 1 aromatic carbocycles. The topological polar surface area (TPSA) is 30.9 Å². The van der Waals surface area contributed by atoms with Crippen LogP contribution in [-0.4, -0.2) is 4.57 Å². The molecule has 3 heteroatoms. The largest absolute Gasteiger partial charge is 0.346 e. The Hall–Kier alpha value is -1.25. The van der Waals surface area contributed by atoms with E-state index >= 15 is 0 Å². The summed E-state index contributed by atoms with van der Waals surface area (Å²) in [6.07, 6.45) is 2.02. The van der Waals surface area contributed by atoms with E-state index in [4.69, 9.17) is 17.3 Å². The number of aromatic nitrogens is 1.